The molecule has 0 aliphatic carbocycles. The van der Waals surface area contributed by atoms with Crippen molar-refractivity contribution in [3.8, 4) is 0 Å². The number of nitrogens with zero attached hydrogens (tertiary/aromatic N) is 1. The molecule has 18 heavy (non-hydrogen) atoms. The summed E-state index contributed by atoms with van der Waals surface area (Å²) in [6, 6.07) is 0. The van der Waals surface area contributed by atoms with Crippen molar-refractivity contribution >= 4 is 22.6 Å². The van der Waals surface area contributed by atoms with Crippen molar-refractivity contribution in [1.29, 1.82) is 0 Å². The van der Waals surface area contributed by atoms with Gasteiger partial charge in [0.1, 0.15) is 6.10 Å². The molecule has 0 radical (unpaired) electrons. The van der Waals surface area contributed by atoms with Crippen LogP contribution in [-0.4, -0.2) is 42.5 Å². The number of nitrogens with one attached hydrogen (secondary N) is 1. The average Bonchev–Trinajstić information content (AvgIpc) is 2.61. The topological polar surface area (TPSA) is 105 Å². The van der Waals surface area contributed by atoms with E-state index >= 15 is 0 Å². The van der Waals surface area contributed by atoms with Crippen LogP contribution in [0.2, 0.25) is 0 Å². The van der Waals surface area contributed by atoms with E-state index in [0.29, 0.717) is 0 Å². The molecule has 0 spiro atoms. The lowest BCUT2D eigenvalue weighted by molar-refractivity contribution is -0.0458. The lowest BCUT2D eigenvalue weighted by Gasteiger charge is -2.16. The van der Waals surface area contributed by atoms with Crippen LogP contribution in [0.3, 0.4) is 0 Å². The highest BCUT2D eigenvalue weighted by Crippen LogP contribution is 2.33. The Labute approximate surface area is 113 Å². The number of rotatable bonds is 2. The van der Waals surface area contributed by atoms with Crippen molar-refractivity contribution in [3.05, 3.63) is 32.9 Å². The van der Waals surface area contributed by atoms with E-state index in [1.165, 1.54) is 0 Å². The van der Waals surface area contributed by atoms with E-state index < -0.39 is 46.0 Å². The minimum absolute atomic E-state index is 0.419. The van der Waals surface area contributed by atoms with Crippen LogP contribution in [0.1, 0.15) is 6.23 Å². The van der Waals surface area contributed by atoms with E-state index in [9.17, 15) is 19.1 Å². The zero-order chi connectivity index (χ0) is 13.4. The molecule has 1 aliphatic heterocycles. The number of aromatic amines is 1. The first-order chi connectivity index (χ1) is 8.45. The van der Waals surface area contributed by atoms with Gasteiger partial charge in [-0.3, -0.25) is 14.3 Å². The summed E-state index contributed by atoms with van der Waals surface area (Å²) < 4.78 is 18.7. The largest absolute Gasteiger partial charge is 0.394 e. The van der Waals surface area contributed by atoms with Gasteiger partial charge in [-0.05, 0) is 0 Å². The number of alkyl halides is 1. The van der Waals surface area contributed by atoms with Crippen LogP contribution in [0.5, 0.6) is 0 Å². The summed E-state index contributed by atoms with van der Waals surface area (Å²) in [7, 11) is 0. The van der Waals surface area contributed by atoms with E-state index in [1.807, 2.05) is 22.6 Å². The van der Waals surface area contributed by atoms with Gasteiger partial charge in [-0.25, -0.2) is 4.79 Å². The number of hydrogen-bond acceptors (Lipinski definition) is 5. The van der Waals surface area contributed by atoms with E-state index in [1.54, 1.807) is 4.98 Å². The Morgan fingerprint density at radius 1 is 1.56 bits per heavy atom. The summed E-state index contributed by atoms with van der Waals surface area (Å²) in [5, 5.41) is 18.7. The lowest BCUT2D eigenvalue weighted by Crippen LogP contribution is -2.36. The molecule has 1 aromatic heterocycles. The van der Waals surface area contributed by atoms with Crippen molar-refractivity contribution in [1.82, 2.24) is 9.55 Å². The first-order valence-electron chi connectivity index (χ1n) is 5.05. The molecule has 9 heteroatoms. The van der Waals surface area contributed by atoms with Crippen LogP contribution in [0, 0.1) is 5.82 Å². The second kappa shape index (κ2) is 5.07. The van der Waals surface area contributed by atoms with E-state index in [4.69, 9.17) is 9.84 Å². The Balaban J connectivity index is 2.42. The molecule has 1 aliphatic rings. The maximum Gasteiger partial charge on any atom is 0.330 e. The van der Waals surface area contributed by atoms with Gasteiger partial charge in [0.25, 0.3) is 5.56 Å². The van der Waals surface area contributed by atoms with Gasteiger partial charge in [0.15, 0.2) is 6.23 Å². The van der Waals surface area contributed by atoms with E-state index in [-0.39, 0.29) is 0 Å². The number of aliphatic hydroxyl groups excluding tert-OH is 2. The molecule has 100 valence electrons. The van der Waals surface area contributed by atoms with Gasteiger partial charge in [0.05, 0.1) is 22.8 Å². The van der Waals surface area contributed by atoms with Gasteiger partial charge >= 0.3 is 5.69 Å². The molecule has 1 aromatic rings. The smallest absolute Gasteiger partial charge is 0.330 e. The van der Waals surface area contributed by atoms with Crippen molar-refractivity contribution in [2.24, 2.45) is 0 Å². The first-order valence-corrected chi connectivity index (χ1v) is 6.29. The number of ether oxygens (including phenoxy) is 1. The lowest BCUT2D eigenvalue weighted by atomic mass is 10.2. The molecule has 0 saturated carbocycles. The number of aliphatic hydroxyl groups is 2. The fourth-order valence-corrected chi connectivity index (χ4v) is 2.71. The third kappa shape index (κ3) is 2.22. The predicted molar refractivity (Wildman–Crippen MR) is 66.1 cm³/mol. The van der Waals surface area contributed by atoms with Crippen LogP contribution < -0.4 is 11.2 Å². The zero-order valence-electron chi connectivity index (χ0n) is 8.92. The van der Waals surface area contributed by atoms with Gasteiger partial charge in [-0.1, -0.05) is 22.6 Å². The Morgan fingerprint density at radius 2 is 2.22 bits per heavy atom. The Morgan fingerprint density at radius 3 is 2.78 bits per heavy atom. The van der Waals surface area contributed by atoms with Crippen molar-refractivity contribution in [2.45, 2.75) is 22.4 Å². The summed E-state index contributed by atoms with van der Waals surface area (Å²) in [6.45, 7) is -0.419. The van der Waals surface area contributed by atoms with Crippen LogP contribution in [0.15, 0.2) is 15.8 Å². The molecule has 1 fully saturated rings. The normalized spacial score (nSPS) is 31.8. The second-order valence-electron chi connectivity index (χ2n) is 3.83. The Kier molecular flexibility index (Phi) is 3.84. The monoisotopic (exact) mass is 372 g/mol. The minimum atomic E-state index is -1.12. The number of aromatic nitrogens is 2. The summed E-state index contributed by atoms with van der Waals surface area (Å²) in [5.74, 6) is -1.12. The van der Waals surface area contributed by atoms with E-state index in [2.05, 4.69) is 0 Å². The van der Waals surface area contributed by atoms with Crippen LogP contribution in [0.4, 0.5) is 4.39 Å². The molecular weight excluding hydrogens is 362 g/mol. The summed E-state index contributed by atoms with van der Waals surface area (Å²) in [5.41, 5.74) is -1.95. The van der Waals surface area contributed by atoms with Gasteiger partial charge in [-0.2, -0.15) is 4.39 Å². The van der Waals surface area contributed by atoms with Gasteiger partial charge in [0.2, 0.25) is 5.82 Å². The molecule has 7 nitrogen and oxygen atoms in total. The average molecular weight is 372 g/mol. The van der Waals surface area contributed by atoms with E-state index in [0.717, 1.165) is 10.8 Å². The Hall–Kier alpha value is -0.780. The molecule has 2 rings (SSSR count). The van der Waals surface area contributed by atoms with Crippen molar-refractivity contribution in [3.63, 3.8) is 0 Å². The molecule has 0 aromatic carbocycles. The van der Waals surface area contributed by atoms with Crippen LogP contribution in [-0.2, 0) is 4.74 Å². The number of hydrogen-bond donors (Lipinski definition) is 3. The van der Waals surface area contributed by atoms with Crippen LogP contribution in [0.25, 0.3) is 0 Å². The molecule has 0 unspecified atom stereocenters. The highest BCUT2D eigenvalue weighted by Gasteiger charge is 2.43. The highest BCUT2D eigenvalue weighted by atomic mass is 127. The molecule has 0 amide bonds. The van der Waals surface area contributed by atoms with Gasteiger partial charge in [-0.15, -0.1) is 0 Å². The number of halogens is 2. The fourth-order valence-electron chi connectivity index (χ4n) is 1.73. The number of H-pyrrole nitrogens is 1. The maximum atomic E-state index is 13.1. The second-order valence-corrected chi connectivity index (χ2v) is 5.26. The highest BCUT2D eigenvalue weighted by molar-refractivity contribution is 14.1. The quantitative estimate of drug-likeness (QED) is 0.444. The van der Waals surface area contributed by atoms with Gasteiger partial charge in [0, 0.05) is 0 Å². The molecule has 4 atom stereocenters. The molecule has 2 heterocycles. The fraction of sp³-hybridized carbons (Fsp3) is 0.556. The summed E-state index contributed by atoms with van der Waals surface area (Å²) in [4.78, 5) is 24.2. The SMILES string of the molecule is O=c1[nH]c(=O)n([C@@H]2O[C@H](CO)[C@@H](O)[C@H]2I)cc1F. The molecular formula is C9H10FIN2O5. The Bertz CT molecular complexity index is 559. The maximum absolute atomic E-state index is 13.1. The van der Waals surface area contributed by atoms with Gasteiger partial charge < -0.3 is 14.9 Å². The predicted octanol–water partition coefficient (Wildman–Crippen LogP) is -1.27. The first kappa shape index (κ1) is 13.6. The van der Waals surface area contributed by atoms with Crippen LogP contribution >= 0.6 is 22.6 Å². The van der Waals surface area contributed by atoms with Crippen molar-refractivity contribution < 1.29 is 19.3 Å². The minimum Gasteiger partial charge on any atom is -0.394 e. The zero-order valence-corrected chi connectivity index (χ0v) is 11.1. The molecule has 3 N–H and O–H groups in total. The van der Waals surface area contributed by atoms with Crippen molar-refractivity contribution in [2.75, 3.05) is 6.61 Å². The summed E-state index contributed by atoms with van der Waals surface area (Å²) in [6.07, 6.45) is -2.05. The molecule has 1 saturated heterocycles. The molecule has 0 bridgehead atoms. The third-order valence-corrected chi connectivity index (χ3v) is 4.02. The standard InChI is InChI=1S/C9H10FIN2O5/c10-3-1-13(9(17)12-7(3)16)8-5(11)6(15)4(2-14)18-8/h1,4-6,8,14-15H,2H2,(H,12,16,17)/t4-,5-,6-,8-/m1/s1. The summed E-state index contributed by atoms with van der Waals surface area (Å²) >= 11 is 1.84. The third-order valence-electron chi connectivity index (χ3n) is 2.67.